The molecule has 0 aliphatic heterocycles. The fourth-order valence-corrected chi connectivity index (χ4v) is 7.90. The molecule has 0 saturated heterocycles. The number of para-hydroxylation sites is 1. The molecular formula is C52H25F34NO6. The minimum Gasteiger partial charge on any atom is -0.457 e. The normalized spacial score (nSPS) is 13.9. The van der Waals surface area contributed by atoms with Crippen LogP contribution in [0, 0.1) is 0 Å². The zero-order chi connectivity index (χ0) is 71.3. The van der Waals surface area contributed by atoms with Crippen molar-refractivity contribution in [2.24, 2.45) is 0 Å². The summed E-state index contributed by atoms with van der Waals surface area (Å²) in [6, 6.07) is 18.6. The number of allylic oxidation sites excluding steroid dienone is 4. The van der Waals surface area contributed by atoms with Gasteiger partial charge in [0, 0.05) is 17.1 Å². The number of alkyl halides is 34. The molecule has 0 amide bonds. The van der Waals surface area contributed by atoms with Gasteiger partial charge in [-0.25, -0.2) is 27.2 Å². The first-order valence-electron chi connectivity index (χ1n) is 23.7. The van der Waals surface area contributed by atoms with Crippen LogP contribution in [0.3, 0.4) is 0 Å². The predicted octanol–water partition coefficient (Wildman–Crippen LogP) is 19.6. The molecule has 0 bridgehead atoms. The first-order chi connectivity index (χ1) is 41.8. The molecule has 0 aliphatic carbocycles. The van der Waals surface area contributed by atoms with Crippen LogP contribution in [0.4, 0.5) is 166 Å². The third kappa shape index (κ3) is 14.8. The van der Waals surface area contributed by atoms with Crippen molar-refractivity contribution in [1.29, 1.82) is 0 Å². The fraction of sp³-hybridized carbons (Fsp3) is 0.308. The number of carbonyl (C=O) groups excluding carboxylic acids is 2. The molecule has 0 aliphatic rings. The molecule has 0 fully saturated rings. The molecule has 5 rings (SSSR count). The third-order valence-corrected chi connectivity index (χ3v) is 12.2. The Labute approximate surface area is 492 Å². The van der Waals surface area contributed by atoms with Gasteiger partial charge in [0.25, 0.3) is 0 Å². The summed E-state index contributed by atoms with van der Waals surface area (Å²) in [4.78, 5) is 27.2. The standard InChI is InChI=1S/C52H25F34NO6/c53-39(45(63,64)65,46(66,67)68)33(40(54,47(69,70)71)48(72,73)74)35(43(57,58)59)92-31-18-10-26(11-19-31)37(88)90-22-24-6-14-29(15-7-24)87(28-4-2-1-3-5-28)30-16-8-25(9-17-30)23-91-38(89)27-12-20-32(21-13-27)93-36(44(60,61)62)34(41(55,49(75,76)77)50(78,79)80)42(56,51(81,82)83)52(84,85)86/h1-21H,22-23H2. The van der Waals surface area contributed by atoms with E-state index in [1.165, 1.54) is 77.7 Å². The summed E-state index contributed by atoms with van der Waals surface area (Å²) in [5, 5.41) is 0. The molecule has 0 atom stereocenters. The number of rotatable bonds is 17. The quantitative estimate of drug-likeness (QED) is 0.0522. The first kappa shape index (κ1) is 75.3. The number of halogens is 34. The fourth-order valence-electron chi connectivity index (χ4n) is 7.90. The highest BCUT2D eigenvalue weighted by atomic mass is 19.5. The van der Waals surface area contributed by atoms with E-state index in [1.807, 2.05) is 0 Å². The second kappa shape index (κ2) is 25.1. The highest BCUT2D eigenvalue weighted by Crippen LogP contribution is 2.65. The number of ether oxygens (including phenoxy) is 4. The molecule has 93 heavy (non-hydrogen) atoms. The van der Waals surface area contributed by atoms with E-state index in [-0.39, 0.29) is 71.0 Å². The van der Waals surface area contributed by atoms with Gasteiger partial charge in [-0.2, -0.15) is 132 Å². The molecule has 512 valence electrons. The van der Waals surface area contributed by atoms with Crippen molar-refractivity contribution in [3.8, 4) is 11.5 Å². The number of nitrogens with zero attached hydrogens (tertiary/aromatic N) is 1. The number of benzene rings is 5. The average Bonchev–Trinajstić information content (AvgIpc) is 0.702. The number of hydrogen-bond donors (Lipinski definition) is 0. The van der Waals surface area contributed by atoms with E-state index < -0.39 is 155 Å². The molecular weight excluding hydrogens is 1380 g/mol. The highest BCUT2D eigenvalue weighted by Gasteiger charge is 2.90. The lowest BCUT2D eigenvalue weighted by atomic mass is 9.79. The SMILES string of the molecule is O=C(OCc1ccc(N(c2ccccc2)c2ccc(COC(=O)c3ccc(OC(=C(C(F)(C(F)(F)F)C(F)(F)F)C(F)(C(F)(F)F)C(F)(F)F)C(F)(F)F)cc3)cc2)cc1)c1ccc(OC(=C(C(F)(C(F)(F)F)C(F)(F)F)C(F)(C(F)(F)F)C(F)(F)F)C(F)(F)F)cc1. The van der Waals surface area contributed by atoms with Gasteiger partial charge in [0.1, 0.15) is 24.7 Å². The van der Waals surface area contributed by atoms with Crippen molar-refractivity contribution in [3.05, 3.63) is 172 Å². The number of anilines is 3. The largest absolute Gasteiger partial charge is 0.457 e. The first-order valence-corrected chi connectivity index (χ1v) is 23.7. The summed E-state index contributed by atoms with van der Waals surface area (Å²) in [7, 11) is 0. The van der Waals surface area contributed by atoms with Crippen LogP contribution in [0.15, 0.2) is 150 Å². The Morgan fingerprint density at radius 3 is 0.731 bits per heavy atom. The van der Waals surface area contributed by atoms with E-state index in [2.05, 4.69) is 9.47 Å². The molecule has 0 saturated carbocycles. The summed E-state index contributed by atoms with van der Waals surface area (Å²) in [6.07, 6.45) is -81.0. The lowest BCUT2D eigenvalue weighted by Gasteiger charge is -2.41. The molecule has 0 N–H and O–H groups in total. The Hall–Kier alpha value is -8.46. The van der Waals surface area contributed by atoms with Crippen LogP contribution < -0.4 is 14.4 Å². The molecule has 0 aromatic heterocycles. The van der Waals surface area contributed by atoms with Crippen LogP contribution in [0.25, 0.3) is 0 Å². The molecule has 5 aromatic rings. The van der Waals surface area contributed by atoms with Crippen LogP contribution in [0.2, 0.25) is 0 Å². The van der Waals surface area contributed by atoms with Crippen molar-refractivity contribution in [2.75, 3.05) is 4.90 Å². The van der Waals surface area contributed by atoms with Gasteiger partial charge in [-0.1, -0.05) is 42.5 Å². The summed E-state index contributed by atoms with van der Waals surface area (Å²) >= 11 is 0. The molecule has 0 spiro atoms. The maximum Gasteiger partial charge on any atom is 0.449 e. The van der Waals surface area contributed by atoms with Crippen molar-refractivity contribution >= 4 is 29.0 Å². The highest BCUT2D eigenvalue weighted by molar-refractivity contribution is 5.90. The summed E-state index contributed by atoms with van der Waals surface area (Å²) in [5.74, 6) is -16.5. The van der Waals surface area contributed by atoms with Gasteiger partial charge < -0.3 is 23.8 Å². The van der Waals surface area contributed by atoms with Crippen LogP contribution in [0.5, 0.6) is 11.5 Å². The monoisotopic (exact) mass is 1410 g/mol. The molecule has 0 heterocycles. The summed E-state index contributed by atoms with van der Waals surface area (Å²) < 4.78 is 489. The number of esters is 2. The van der Waals surface area contributed by atoms with Gasteiger partial charge in [-0.3, -0.25) is 0 Å². The molecule has 5 aromatic carbocycles. The van der Waals surface area contributed by atoms with Gasteiger partial charge in [0.2, 0.25) is 11.5 Å². The Bertz CT molecular complexity index is 3150. The molecule has 0 radical (unpaired) electrons. The van der Waals surface area contributed by atoms with Crippen molar-refractivity contribution in [1.82, 2.24) is 0 Å². The van der Waals surface area contributed by atoms with E-state index >= 15 is 17.6 Å². The zero-order valence-electron chi connectivity index (χ0n) is 43.8. The van der Waals surface area contributed by atoms with Crippen LogP contribution >= 0.6 is 0 Å². The minimum atomic E-state index is -8.45. The number of hydrogen-bond acceptors (Lipinski definition) is 7. The van der Waals surface area contributed by atoms with Gasteiger partial charge >= 0.3 is 96.4 Å². The molecule has 41 heteroatoms. The third-order valence-electron chi connectivity index (χ3n) is 12.2. The van der Waals surface area contributed by atoms with Gasteiger partial charge in [-0.15, -0.1) is 0 Å². The van der Waals surface area contributed by atoms with E-state index in [0.29, 0.717) is 5.69 Å². The Balaban J connectivity index is 1.37. The zero-order valence-corrected chi connectivity index (χ0v) is 43.8. The van der Waals surface area contributed by atoms with Gasteiger partial charge in [0.05, 0.1) is 22.3 Å². The maximum absolute atomic E-state index is 15.1. The van der Waals surface area contributed by atoms with Crippen LogP contribution in [-0.4, -0.2) is 96.4 Å². The van der Waals surface area contributed by atoms with Crippen LogP contribution in [0.1, 0.15) is 31.8 Å². The second-order valence-corrected chi connectivity index (χ2v) is 18.4. The lowest BCUT2D eigenvalue weighted by Crippen LogP contribution is -2.67. The predicted molar refractivity (Wildman–Crippen MR) is 243 cm³/mol. The average molecular weight is 1410 g/mol. The molecule has 0 unspecified atom stereocenters. The second-order valence-electron chi connectivity index (χ2n) is 18.4. The Morgan fingerprint density at radius 1 is 0.290 bits per heavy atom. The minimum absolute atomic E-state index is 0.0708. The summed E-state index contributed by atoms with van der Waals surface area (Å²) in [6.45, 7) is -1.52. The van der Waals surface area contributed by atoms with E-state index in [0.717, 1.165) is 0 Å². The van der Waals surface area contributed by atoms with Crippen molar-refractivity contribution in [3.63, 3.8) is 0 Å². The number of carbonyl (C=O) groups is 2. The van der Waals surface area contributed by atoms with Gasteiger partial charge in [-0.05, 0) is 96.1 Å². The van der Waals surface area contributed by atoms with Crippen LogP contribution in [-0.2, 0) is 22.7 Å². The van der Waals surface area contributed by atoms with E-state index in [4.69, 9.17) is 9.47 Å². The smallest absolute Gasteiger partial charge is 0.449 e. The van der Waals surface area contributed by atoms with E-state index in [9.17, 15) is 141 Å². The summed E-state index contributed by atoms with van der Waals surface area (Å²) in [5.41, 5.74) is -45.9. The Kier molecular flexibility index (Phi) is 20.3. The lowest BCUT2D eigenvalue weighted by molar-refractivity contribution is -0.367. The molecule has 7 nitrogen and oxygen atoms in total. The van der Waals surface area contributed by atoms with E-state index in [1.54, 1.807) is 6.07 Å². The maximum atomic E-state index is 15.1. The topological polar surface area (TPSA) is 74.3 Å². The van der Waals surface area contributed by atoms with Crippen molar-refractivity contribution in [2.45, 2.75) is 97.7 Å². The van der Waals surface area contributed by atoms with Crippen molar-refractivity contribution < 1.29 is 178 Å². The van der Waals surface area contributed by atoms with Gasteiger partial charge in [0.15, 0.2) is 0 Å². The Morgan fingerprint density at radius 2 is 0.516 bits per heavy atom.